The van der Waals surface area contributed by atoms with E-state index in [0.717, 1.165) is 12.2 Å². The van der Waals surface area contributed by atoms with Crippen LogP contribution in [0.5, 0.6) is 5.75 Å². The Labute approximate surface area is 132 Å². The van der Waals surface area contributed by atoms with Crippen LogP contribution in [0.3, 0.4) is 0 Å². The van der Waals surface area contributed by atoms with Gasteiger partial charge in [-0.1, -0.05) is 37.6 Å². The third-order valence-electron chi connectivity index (χ3n) is 5.23. The molecule has 2 bridgehead atoms. The predicted octanol–water partition coefficient (Wildman–Crippen LogP) is 4.15. The van der Waals surface area contributed by atoms with Gasteiger partial charge in [0.1, 0.15) is 5.75 Å². The molecule has 0 unspecified atom stereocenters. The molecular weight excluding hydrogens is 276 g/mol. The number of esters is 1. The number of hydrogen-bond acceptors (Lipinski definition) is 3. The van der Waals surface area contributed by atoms with Gasteiger partial charge in [-0.2, -0.15) is 0 Å². The summed E-state index contributed by atoms with van der Waals surface area (Å²) in [7, 11) is 0. The minimum atomic E-state index is -0.293. The highest BCUT2D eigenvalue weighted by Gasteiger charge is 2.43. The lowest BCUT2D eigenvalue weighted by Gasteiger charge is -2.47. The van der Waals surface area contributed by atoms with Gasteiger partial charge >= 0.3 is 5.97 Å². The highest BCUT2D eigenvalue weighted by molar-refractivity contribution is 5.69. The average Bonchev–Trinajstić information content (AvgIpc) is 2.45. The number of allylic oxidation sites excluding steroid dienone is 1. The zero-order valence-corrected chi connectivity index (χ0v) is 13.7. The first kappa shape index (κ1) is 15.3. The molecule has 1 heterocycles. The molecule has 1 aliphatic carbocycles. The smallest absolute Gasteiger partial charge is 0.308 e. The fourth-order valence-corrected chi connectivity index (χ4v) is 4.14. The van der Waals surface area contributed by atoms with E-state index in [1.807, 2.05) is 24.3 Å². The van der Waals surface area contributed by atoms with Crippen molar-refractivity contribution >= 4 is 5.97 Å². The number of carbonyl (C=O) groups is 1. The van der Waals surface area contributed by atoms with Gasteiger partial charge in [0.15, 0.2) is 0 Å². The van der Waals surface area contributed by atoms with Gasteiger partial charge in [-0.3, -0.25) is 4.79 Å². The summed E-state index contributed by atoms with van der Waals surface area (Å²) in [6, 6.07) is 7.73. The van der Waals surface area contributed by atoms with Gasteiger partial charge in [0.2, 0.25) is 0 Å². The Morgan fingerprint density at radius 2 is 1.91 bits per heavy atom. The Morgan fingerprint density at radius 1 is 1.23 bits per heavy atom. The summed E-state index contributed by atoms with van der Waals surface area (Å²) in [5.74, 6) is 2.57. The van der Waals surface area contributed by atoms with Crippen LogP contribution in [0, 0.1) is 23.7 Å². The van der Waals surface area contributed by atoms with E-state index in [1.54, 1.807) is 0 Å². The lowest BCUT2D eigenvalue weighted by Crippen LogP contribution is -2.42. The van der Waals surface area contributed by atoms with Crippen LogP contribution in [-0.4, -0.2) is 12.6 Å². The van der Waals surface area contributed by atoms with Crippen molar-refractivity contribution in [2.75, 3.05) is 6.61 Å². The van der Waals surface area contributed by atoms with Gasteiger partial charge in [0.05, 0.1) is 12.7 Å². The largest absolute Gasteiger partial charge is 0.427 e. The first-order valence-corrected chi connectivity index (χ1v) is 8.05. The van der Waals surface area contributed by atoms with Gasteiger partial charge in [0, 0.05) is 12.8 Å². The third kappa shape index (κ3) is 2.70. The van der Waals surface area contributed by atoms with Crippen molar-refractivity contribution < 1.29 is 14.3 Å². The van der Waals surface area contributed by atoms with Gasteiger partial charge in [-0.15, -0.1) is 0 Å². The molecule has 3 heteroatoms. The fourth-order valence-electron chi connectivity index (χ4n) is 4.14. The molecular formula is C19H24O3. The zero-order valence-electron chi connectivity index (χ0n) is 13.7. The summed E-state index contributed by atoms with van der Waals surface area (Å²) in [5, 5.41) is 0. The summed E-state index contributed by atoms with van der Waals surface area (Å²) in [6.45, 7) is 9.10. The molecule has 0 amide bonds. The number of ether oxygens (including phenoxy) is 2. The van der Waals surface area contributed by atoms with E-state index in [0.29, 0.717) is 29.4 Å². The lowest BCUT2D eigenvalue weighted by atomic mass is 9.64. The maximum Gasteiger partial charge on any atom is 0.308 e. The Kier molecular flexibility index (Phi) is 4.09. The van der Waals surface area contributed by atoms with E-state index in [9.17, 15) is 4.79 Å². The summed E-state index contributed by atoms with van der Waals surface area (Å²) < 4.78 is 11.3. The molecule has 1 aromatic carbocycles. The minimum absolute atomic E-state index is 0.0985. The molecule has 0 spiro atoms. The van der Waals surface area contributed by atoms with Gasteiger partial charge < -0.3 is 9.47 Å². The first-order chi connectivity index (χ1) is 10.5. The second-order valence-corrected chi connectivity index (χ2v) is 6.74. The first-order valence-electron chi connectivity index (χ1n) is 8.05. The topological polar surface area (TPSA) is 35.5 Å². The van der Waals surface area contributed by atoms with Crippen LogP contribution >= 0.6 is 0 Å². The number of fused-ring (bicyclic) bond motifs is 2. The van der Waals surface area contributed by atoms with E-state index in [-0.39, 0.29) is 12.1 Å². The lowest BCUT2D eigenvalue weighted by molar-refractivity contribution is -0.131. The minimum Gasteiger partial charge on any atom is -0.427 e. The Hall–Kier alpha value is -1.61. The number of benzene rings is 1. The second kappa shape index (κ2) is 5.88. The standard InChI is InChI=1S/C19H24O3/c1-11-9-12(2)18-13(3)17(11)10-21-19(18)15-5-7-16(8-6-15)22-14(4)20/h5-9,11,13,17-19H,10H2,1-4H3/t11-,13+,17-,18+,19+/m1/s1. The SMILES string of the molecule is CC(=O)Oc1ccc([C@@H]2OC[C@H]3[C@H](C)[C@@H]2C(C)=C[C@H]3C)cc1. The third-order valence-corrected chi connectivity index (χ3v) is 5.23. The van der Waals surface area contributed by atoms with Crippen LogP contribution in [0.4, 0.5) is 0 Å². The number of rotatable bonds is 2. The van der Waals surface area contributed by atoms with Crippen LogP contribution in [0.25, 0.3) is 0 Å². The average molecular weight is 300 g/mol. The van der Waals surface area contributed by atoms with E-state index >= 15 is 0 Å². The molecule has 22 heavy (non-hydrogen) atoms. The van der Waals surface area contributed by atoms with Crippen LogP contribution in [0.1, 0.15) is 39.4 Å². The highest BCUT2D eigenvalue weighted by Crippen LogP contribution is 2.49. The maximum atomic E-state index is 11.0. The Bertz CT molecular complexity index is 587. The quantitative estimate of drug-likeness (QED) is 0.467. The molecule has 0 saturated carbocycles. The highest BCUT2D eigenvalue weighted by atomic mass is 16.5. The van der Waals surface area contributed by atoms with Crippen LogP contribution in [-0.2, 0) is 9.53 Å². The van der Waals surface area contributed by atoms with Crippen molar-refractivity contribution in [2.45, 2.75) is 33.8 Å². The number of hydrogen-bond donors (Lipinski definition) is 0. The summed E-state index contributed by atoms with van der Waals surface area (Å²) in [4.78, 5) is 11.0. The van der Waals surface area contributed by atoms with Gasteiger partial charge in [0.25, 0.3) is 0 Å². The molecule has 1 aromatic rings. The Morgan fingerprint density at radius 3 is 2.55 bits per heavy atom. The maximum absolute atomic E-state index is 11.0. The summed E-state index contributed by atoms with van der Waals surface area (Å²) >= 11 is 0. The molecule has 2 aliphatic rings. The van der Waals surface area contributed by atoms with E-state index in [1.165, 1.54) is 12.5 Å². The molecule has 5 atom stereocenters. The molecule has 1 aliphatic heterocycles. The monoisotopic (exact) mass is 300 g/mol. The van der Waals surface area contributed by atoms with Crippen molar-refractivity contribution in [3.8, 4) is 5.75 Å². The molecule has 0 N–H and O–H groups in total. The zero-order chi connectivity index (χ0) is 15.9. The fraction of sp³-hybridized carbons (Fsp3) is 0.526. The summed E-state index contributed by atoms with van der Waals surface area (Å²) in [6.07, 6.45) is 2.51. The van der Waals surface area contributed by atoms with Crippen molar-refractivity contribution in [2.24, 2.45) is 23.7 Å². The van der Waals surface area contributed by atoms with Crippen LogP contribution < -0.4 is 4.74 Å². The van der Waals surface area contributed by atoms with Crippen molar-refractivity contribution in [1.29, 1.82) is 0 Å². The van der Waals surface area contributed by atoms with Gasteiger partial charge in [-0.05, 0) is 42.4 Å². The van der Waals surface area contributed by atoms with E-state index < -0.39 is 0 Å². The van der Waals surface area contributed by atoms with E-state index in [4.69, 9.17) is 9.47 Å². The van der Waals surface area contributed by atoms with Crippen molar-refractivity contribution in [1.82, 2.24) is 0 Å². The molecule has 0 aromatic heterocycles. The normalized spacial score (nSPS) is 34.0. The van der Waals surface area contributed by atoms with Crippen LogP contribution in [0.15, 0.2) is 35.9 Å². The molecule has 118 valence electrons. The van der Waals surface area contributed by atoms with Gasteiger partial charge in [-0.25, -0.2) is 0 Å². The number of carbonyl (C=O) groups excluding carboxylic acids is 1. The molecule has 1 saturated heterocycles. The molecule has 1 fully saturated rings. The predicted molar refractivity (Wildman–Crippen MR) is 85.5 cm³/mol. The van der Waals surface area contributed by atoms with Crippen molar-refractivity contribution in [3.63, 3.8) is 0 Å². The molecule has 3 nitrogen and oxygen atoms in total. The van der Waals surface area contributed by atoms with E-state index in [2.05, 4.69) is 26.8 Å². The summed E-state index contributed by atoms with van der Waals surface area (Å²) in [5.41, 5.74) is 2.60. The molecule has 3 rings (SSSR count). The van der Waals surface area contributed by atoms with Crippen molar-refractivity contribution in [3.05, 3.63) is 41.5 Å². The Balaban J connectivity index is 1.86. The second-order valence-electron chi connectivity index (χ2n) is 6.74. The van der Waals surface area contributed by atoms with Crippen LogP contribution in [0.2, 0.25) is 0 Å². The molecule has 0 radical (unpaired) electrons.